The molecule has 0 aliphatic heterocycles. The summed E-state index contributed by atoms with van der Waals surface area (Å²) in [5.41, 5.74) is 7.68. The highest BCUT2D eigenvalue weighted by molar-refractivity contribution is 5.24. The molecular weight excluding hydrogens is 264 g/mol. The Morgan fingerprint density at radius 3 is 2.41 bits per heavy atom. The number of aryl methyl sites for hydroxylation is 1. The number of rotatable bonds is 5. The van der Waals surface area contributed by atoms with Crippen LogP contribution in [0.2, 0.25) is 0 Å². The molecule has 2 aliphatic carbocycles. The van der Waals surface area contributed by atoms with Crippen LogP contribution in [0.25, 0.3) is 0 Å². The Morgan fingerprint density at radius 1 is 1.18 bits per heavy atom. The monoisotopic (exact) mass is 294 g/mol. The van der Waals surface area contributed by atoms with Crippen molar-refractivity contribution in [3.05, 3.63) is 53.3 Å². The van der Waals surface area contributed by atoms with E-state index in [9.17, 15) is 0 Å². The highest BCUT2D eigenvalue weighted by Crippen LogP contribution is 2.56. The van der Waals surface area contributed by atoms with Crippen LogP contribution >= 0.6 is 0 Å². The molecule has 3 rings (SSSR count). The average molecular weight is 294 g/mol. The van der Waals surface area contributed by atoms with Gasteiger partial charge < -0.3 is 0 Å². The zero-order valence-corrected chi connectivity index (χ0v) is 14.4. The molecule has 0 N–H and O–H groups in total. The highest BCUT2D eigenvalue weighted by Gasteiger charge is 2.47. The Kier molecular flexibility index (Phi) is 4.59. The van der Waals surface area contributed by atoms with Crippen molar-refractivity contribution in [2.75, 3.05) is 0 Å². The summed E-state index contributed by atoms with van der Waals surface area (Å²) in [4.78, 5) is 0. The summed E-state index contributed by atoms with van der Waals surface area (Å²) in [6.07, 6.45) is 6.74. The normalized spacial score (nSPS) is 31.0. The minimum atomic E-state index is 0.628. The van der Waals surface area contributed by atoms with Crippen LogP contribution in [0.4, 0.5) is 0 Å². The maximum absolute atomic E-state index is 4.01. The van der Waals surface area contributed by atoms with Gasteiger partial charge in [0.15, 0.2) is 0 Å². The molecule has 3 unspecified atom stereocenters. The predicted octanol–water partition coefficient (Wildman–Crippen LogP) is 6.27. The van der Waals surface area contributed by atoms with Gasteiger partial charge in [0.2, 0.25) is 0 Å². The van der Waals surface area contributed by atoms with Crippen molar-refractivity contribution in [3.8, 4) is 0 Å². The number of benzene rings is 1. The summed E-state index contributed by atoms with van der Waals surface area (Å²) < 4.78 is 0. The van der Waals surface area contributed by atoms with E-state index in [0.29, 0.717) is 5.92 Å². The lowest BCUT2D eigenvalue weighted by atomic mass is 9.52. The number of hydrogen-bond donors (Lipinski definition) is 0. The fourth-order valence-corrected chi connectivity index (χ4v) is 4.86. The predicted molar refractivity (Wildman–Crippen MR) is 95.0 cm³/mol. The van der Waals surface area contributed by atoms with E-state index in [4.69, 9.17) is 0 Å². The molecule has 2 aliphatic rings. The first-order valence-corrected chi connectivity index (χ1v) is 9.03. The molecule has 2 bridgehead atoms. The van der Waals surface area contributed by atoms with Crippen LogP contribution in [0.15, 0.2) is 42.1 Å². The fourth-order valence-electron chi connectivity index (χ4n) is 4.86. The van der Waals surface area contributed by atoms with Crippen LogP contribution in [-0.2, 0) is 0 Å². The zero-order valence-electron chi connectivity index (χ0n) is 14.4. The van der Waals surface area contributed by atoms with Crippen LogP contribution in [0.3, 0.4) is 0 Å². The molecule has 2 fully saturated rings. The number of allylic oxidation sites excluding steroid dienone is 1. The van der Waals surface area contributed by atoms with E-state index in [2.05, 4.69) is 57.3 Å². The summed E-state index contributed by atoms with van der Waals surface area (Å²) in [6, 6.07) is 9.04. The molecule has 0 spiro atoms. The zero-order chi connectivity index (χ0) is 15.7. The van der Waals surface area contributed by atoms with E-state index in [1.165, 1.54) is 48.8 Å². The van der Waals surface area contributed by atoms with Crippen LogP contribution in [0.1, 0.15) is 63.0 Å². The van der Waals surface area contributed by atoms with E-state index in [1.807, 2.05) is 0 Å². The van der Waals surface area contributed by atoms with Crippen molar-refractivity contribution in [1.29, 1.82) is 0 Å². The van der Waals surface area contributed by atoms with Crippen molar-refractivity contribution in [2.45, 2.75) is 58.8 Å². The molecule has 0 saturated heterocycles. The molecule has 0 amide bonds. The Balaban J connectivity index is 1.58. The third-order valence-corrected chi connectivity index (χ3v) is 6.15. The second-order valence-electron chi connectivity index (χ2n) is 7.91. The molecule has 118 valence electrons. The summed E-state index contributed by atoms with van der Waals surface area (Å²) in [7, 11) is 0. The first-order valence-electron chi connectivity index (χ1n) is 9.03. The van der Waals surface area contributed by atoms with Crippen molar-refractivity contribution in [2.24, 2.45) is 23.7 Å². The van der Waals surface area contributed by atoms with Crippen LogP contribution in [0, 0.1) is 30.6 Å². The van der Waals surface area contributed by atoms with Gasteiger partial charge in [-0.25, -0.2) is 0 Å². The fraction of sp³-hybridized carbons (Fsp3) is 0.591. The second-order valence-corrected chi connectivity index (χ2v) is 7.91. The summed E-state index contributed by atoms with van der Waals surface area (Å²) in [5, 5.41) is 0. The maximum atomic E-state index is 4.01. The minimum Gasteiger partial charge on any atom is -0.129 e. The number of hydrogen-bond acceptors (Lipinski definition) is 0. The molecular formula is C22H30. The Hall–Kier alpha value is -1.26. The minimum absolute atomic E-state index is 0.628. The highest BCUT2D eigenvalue weighted by atomic mass is 14.5. The topological polar surface area (TPSA) is 0 Å². The van der Waals surface area contributed by atoms with Gasteiger partial charge in [-0.05, 0) is 79.8 Å². The first-order chi connectivity index (χ1) is 10.6. The molecule has 1 aromatic carbocycles. The second kappa shape index (κ2) is 6.47. The molecule has 0 heteroatoms. The molecule has 0 nitrogen and oxygen atoms in total. The Morgan fingerprint density at radius 2 is 1.82 bits per heavy atom. The van der Waals surface area contributed by atoms with Crippen molar-refractivity contribution >= 4 is 0 Å². The van der Waals surface area contributed by atoms with Gasteiger partial charge in [0.1, 0.15) is 0 Å². The van der Waals surface area contributed by atoms with Gasteiger partial charge in [-0.15, -0.1) is 5.73 Å². The summed E-state index contributed by atoms with van der Waals surface area (Å²) >= 11 is 0. The third-order valence-electron chi connectivity index (χ3n) is 6.15. The van der Waals surface area contributed by atoms with E-state index in [-0.39, 0.29) is 0 Å². The van der Waals surface area contributed by atoms with Crippen molar-refractivity contribution in [1.82, 2.24) is 0 Å². The van der Waals surface area contributed by atoms with Gasteiger partial charge in [0.25, 0.3) is 0 Å². The van der Waals surface area contributed by atoms with Crippen molar-refractivity contribution < 1.29 is 0 Å². The van der Waals surface area contributed by atoms with Crippen LogP contribution in [-0.4, -0.2) is 0 Å². The molecule has 0 heterocycles. The van der Waals surface area contributed by atoms with E-state index >= 15 is 0 Å². The first kappa shape index (κ1) is 15.6. The lowest BCUT2D eigenvalue weighted by Crippen LogP contribution is -2.44. The third kappa shape index (κ3) is 3.08. The molecule has 1 aromatic rings. The van der Waals surface area contributed by atoms with Crippen LogP contribution < -0.4 is 0 Å². The number of fused-ring (bicyclic) bond motifs is 2. The summed E-state index contributed by atoms with van der Waals surface area (Å²) in [5.74, 6) is 4.26. The van der Waals surface area contributed by atoms with Gasteiger partial charge in [-0.2, -0.15) is 0 Å². The summed E-state index contributed by atoms with van der Waals surface area (Å²) in [6.45, 7) is 10.9. The standard InChI is InChI=1S/C22H30/c1-5-18(22-20-12-16(3)13-21(22)14-20)11-8-17(4)19-9-6-15(2)7-10-19/h6-7,9-10,16-17,20-22H,1,8,11-14H2,2-4H3. The van der Waals surface area contributed by atoms with Gasteiger partial charge in [-0.1, -0.05) is 50.3 Å². The SMILES string of the molecule is C=C=C(CCC(C)c1ccc(C)cc1)C1C2CC(C)CC1C2. The quantitative estimate of drug-likeness (QED) is 0.561. The Bertz CT molecular complexity index is 546. The molecule has 2 saturated carbocycles. The molecule has 0 radical (unpaired) electrons. The molecule has 3 atom stereocenters. The average Bonchev–Trinajstić information content (AvgIpc) is 2.51. The van der Waals surface area contributed by atoms with E-state index in [0.717, 1.165) is 23.7 Å². The Labute approximate surface area is 136 Å². The van der Waals surface area contributed by atoms with E-state index in [1.54, 1.807) is 0 Å². The van der Waals surface area contributed by atoms with Gasteiger partial charge >= 0.3 is 0 Å². The molecule has 0 aromatic heterocycles. The van der Waals surface area contributed by atoms with Crippen LogP contribution in [0.5, 0.6) is 0 Å². The van der Waals surface area contributed by atoms with Gasteiger partial charge in [0.05, 0.1) is 0 Å². The van der Waals surface area contributed by atoms with E-state index < -0.39 is 0 Å². The largest absolute Gasteiger partial charge is 0.129 e. The van der Waals surface area contributed by atoms with Crippen molar-refractivity contribution in [3.63, 3.8) is 0 Å². The molecule has 22 heavy (non-hydrogen) atoms. The lowest BCUT2D eigenvalue weighted by molar-refractivity contribution is 0.00783. The smallest absolute Gasteiger partial charge is 0.00702 e. The van der Waals surface area contributed by atoms with Gasteiger partial charge in [-0.3, -0.25) is 0 Å². The maximum Gasteiger partial charge on any atom is -0.00702 e. The lowest BCUT2D eigenvalue weighted by Gasteiger charge is -2.52. The van der Waals surface area contributed by atoms with Gasteiger partial charge in [0, 0.05) is 0 Å².